The molecule has 1 unspecified atom stereocenters. The average molecular weight is 362 g/mol. The van der Waals surface area contributed by atoms with Gasteiger partial charge in [-0.3, -0.25) is 4.72 Å². The number of ether oxygens (including phenoxy) is 1. The number of nitrogens with one attached hydrogen (secondary N) is 1. The quantitative estimate of drug-likeness (QED) is 0.425. The number of anilines is 1. The number of hydrogen-bond donors (Lipinski definition) is 2. The summed E-state index contributed by atoms with van der Waals surface area (Å²) >= 11 is 0. The predicted molar refractivity (Wildman–Crippen MR) is 94.5 cm³/mol. The van der Waals surface area contributed by atoms with Crippen molar-refractivity contribution in [2.45, 2.75) is 19.3 Å². The number of aliphatic hydroxyl groups is 1. The standard InChI is InChI=1S/C16H18N4O4S/c1-25(22,23)19-14-9-13(10-16(21)18-20-17)7-8-15(14)24-11-12-5-3-2-4-6-12/h2-9,16,19,21H,10-11H2,1H3. The molecule has 0 aliphatic carbocycles. The number of hydrogen-bond acceptors (Lipinski definition) is 5. The van der Waals surface area contributed by atoms with Gasteiger partial charge in [-0.1, -0.05) is 41.5 Å². The number of aliphatic hydroxyl groups excluding tert-OH is 1. The molecule has 0 radical (unpaired) electrons. The molecule has 2 rings (SSSR count). The molecule has 0 aromatic heterocycles. The minimum Gasteiger partial charge on any atom is -0.487 e. The highest BCUT2D eigenvalue weighted by Gasteiger charge is 2.12. The molecule has 8 nitrogen and oxygen atoms in total. The van der Waals surface area contributed by atoms with Crippen molar-refractivity contribution in [2.75, 3.05) is 11.0 Å². The molecule has 25 heavy (non-hydrogen) atoms. The van der Waals surface area contributed by atoms with Crippen LogP contribution in [0.15, 0.2) is 53.6 Å². The van der Waals surface area contributed by atoms with Gasteiger partial charge in [-0.15, -0.1) is 0 Å². The Balaban J connectivity index is 2.23. The molecule has 0 aliphatic heterocycles. The van der Waals surface area contributed by atoms with Gasteiger partial charge in [0.2, 0.25) is 10.0 Å². The van der Waals surface area contributed by atoms with Gasteiger partial charge in [-0.05, 0) is 28.8 Å². The Morgan fingerprint density at radius 1 is 1.24 bits per heavy atom. The van der Waals surface area contributed by atoms with E-state index in [1.165, 1.54) is 6.07 Å². The fourth-order valence-corrected chi connectivity index (χ4v) is 2.72. The average Bonchev–Trinajstić information content (AvgIpc) is 2.54. The van der Waals surface area contributed by atoms with Gasteiger partial charge in [0.1, 0.15) is 18.6 Å². The fraction of sp³-hybridized carbons (Fsp3) is 0.250. The Labute approximate surface area is 145 Å². The molecular formula is C16H18N4O4S. The minimum atomic E-state index is -3.51. The van der Waals surface area contributed by atoms with Crippen LogP contribution in [0.1, 0.15) is 11.1 Å². The number of nitrogens with zero attached hydrogens (tertiary/aromatic N) is 3. The van der Waals surface area contributed by atoms with Gasteiger partial charge in [0.15, 0.2) is 0 Å². The lowest BCUT2D eigenvalue weighted by Crippen LogP contribution is -2.12. The van der Waals surface area contributed by atoms with Crippen molar-refractivity contribution in [3.05, 3.63) is 70.1 Å². The lowest BCUT2D eigenvalue weighted by molar-refractivity contribution is 0.183. The highest BCUT2D eigenvalue weighted by molar-refractivity contribution is 7.92. The molecule has 132 valence electrons. The first-order valence-corrected chi connectivity index (χ1v) is 9.26. The summed E-state index contributed by atoms with van der Waals surface area (Å²) in [5, 5.41) is 12.7. The van der Waals surface area contributed by atoms with Crippen LogP contribution < -0.4 is 9.46 Å². The van der Waals surface area contributed by atoms with Crippen LogP contribution in [0, 0.1) is 0 Å². The molecule has 0 amide bonds. The van der Waals surface area contributed by atoms with E-state index < -0.39 is 16.3 Å². The second kappa shape index (κ2) is 8.39. The summed E-state index contributed by atoms with van der Waals surface area (Å²) in [7, 11) is -3.51. The molecular weight excluding hydrogens is 344 g/mol. The molecule has 0 fully saturated rings. The maximum Gasteiger partial charge on any atom is 0.229 e. The van der Waals surface area contributed by atoms with Gasteiger partial charge >= 0.3 is 0 Å². The molecule has 0 aliphatic rings. The topological polar surface area (TPSA) is 124 Å². The van der Waals surface area contributed by atoms with Gasteiger partial charge in [0, 0.05) is 11.3 Å². The highest BCUT2D eigenvalue weighted by Crippen LogP contribution is 2.28. The third-order valence-electron chi connectivity index (χ3n) is 3.18. The summed E-state index contributed by atoms with van der Waals surface area (Å²) in [4.78, 5) is 2.53. The second-order valence-corrected chi connectivity index (χ2v) is 7.12. The van der Waals surface area contributed by atoms with Gasteiger partial charge in [0.25, 0.3) is 0 Å². The Morgan fingerprint density at radius 3 is 2.60 bits per heavy atom. The van der Waals surface area contributed by atoms with Crippen LogP contribution in [-0.2, 0) is 23.1 Å². The van der Waals surface area contributed by atoms with E-state index in [2.05, 4.69) is 14.7 Å². The number of benzene rings is 2. The third kappa shape index (κ3) is 6.34. The Kier molecular flexibility index (Phi) is 6.24. The predicted octanol–water partition coefficient (Wildman–Crippen LogP) is 2.81. The van der Waals surface area contributed by atoms with Crippen LogP contribution in [0.4, 0.5) is 5.69 Å². The minimum absolute atomic E-state index is 0.0570. The van der Waals surface area contributed by atoms with Crippen LogP contribution >= 0.6 is 0 Å². The molecule has 0 saturated carbocycles. The molecule has 2 aromatic rings. The first kappa shape index (κ1) is 18.6. The number of sulfonamides is 1. The van der Waals surface area contributed by atoms with E-state index in [0.29, 0.717) is 11.3 Å². The SMILES string of the molecule is CS(=O)(=O)Nc1cc(CC(O)N=[N+]=[N-])ccc1OCc1ccccc1. The molecule has 0 heterocycles. The third-order valence-corrected chi connectivity index (χ3v) is 3.77. The zero-order chi connectivity index (χ0) is 18.3. The summed E-state index contributed by atoms with van der Waals surface area (Å²) in [6.07, 6.45) is -0.135. The Hall–Kier alpha value is -2.74. The summed E-state index contributed by atoms with van der Waals surface area (Å²) in [6, 6.07) is 14.3. The van der Waals surface area contributed by atoms with Crippen molar-refractivity contribution < 1.29 is 18.3 Å². The normalized spacial score (nSPS) is 12.1. The summed E-state index contributed by atoms with van der Waals surface area (Å²) in [5.41, 5.74) is 10.1. The molecule has 0 saturated heterocycles. The maximum absolute atomic E-state index is 11.6. The second-order valence-electron chi connectivity index (χ2n) is 5.37. The van der Waals surface area contributed by atoms with Crippen LogP contribution in [0.2, 0.25) is 0 Å². The molecule has 0 spiro atoms. The van der Waals surface area contributed by atoms with Gasteiger partial charge in [0.05, 0.1) is 11.9 Å². The Bertz CT molecular complexity index is 865. The Morgan fingerprint density at radius 2 is 1.96 bits per heavy atom. The first-order valence-electron chi connectivity index (χ1n) is 7.37. The van der Waals surface area contributed by atoms with E-state index in [1.807, 2.05) is 30.3 Å². The van der Waals surface area contributed by atoms with E-state index in [4.69, 9.17) is 10.3 Å². The van der Waals surface area contributed by atoms with E-state index in [-0.39, 0.29) is 18.7 Å². The smallest absolute Gasteiger partial charge is 0.229 e. The van der Waals surface area contributed by atoms with Crippen molar-refractivity contribution in [1.82, 2.24) is 0 Å². The van der Waals surface area contributed by atoms with Crippen molar-refractivity contribution in [2.24, 2.45) is 5.11 Å². The van der Waals surface area contributed by atoms with Crippen molar-refractivity contribution >= 4 is 15.7 Å². The van der Waals surface area contributed by atoms with E-state index in [1.54, 1.807) is 12.1 Å². The lowest BCUT2D eigenvalue weighted by Gasteiger charge is -2.14. The summed E-state index contributed by atoms with van der Waals surface area (Å²) in [5.74, 6) is 0.358. The lowest BCUT2D eigenvalue weighted by atomic mass is 10.1. The van der Waals surface area contributed by atoms with Crippen LogP contribution in [-0.4, -0.2) is 26.0 Å². The van der Waals surface area contributed by atoms with Gasteiger partial charge in [-0.25, -0.2) is 8.42 Å². The van der Waals surface area contributed by atoms with Crippen LogP contribution in [0.3, 0.4) is 0 Å². The van der Waals surface area contributed by atoms with E-state index >= 15 is 0 Å². The number of azide groups is 1. The van der Waals surface area contributed by atoms with Crippen LogP contribution in [0.25, 0.3) is 10.4 Å². The molecule has 1 atom stereocenters. The van der Waals surface area contributed by atoms with Crippen molar-refractivity contribution in [3.63, 3.8) is 0 Å². The highest BCUT2D eigenvalue weighted by atomic mass is 32.2. The van der Waals surface area contributed by atoms with Gasteiger partial charge in [-0.2, -0.15) is 0 Å². The monoisotopic (exact) mass is 362 g/mol. The number of rotatable bonds is 8. The van der Waals surface area contributed by atoms with Crippen molar-refractivity contribution in [1.29, 1.82) is 0 Å². The van der Waals surface area contributed by atoms with Crippen LogP contribution in [0.5, 0.6) is 5.75 Å². The molecule has 0 bridgehead atoms. The van der Waals surface area contributed by atoms with E-state index in [9.17, 15) is 13.5 Å². The van der Waals surface area contributed by atoms with Gasteiger partial charge < -0.3 is 9.84 Å². The zero-order valence-corrected chi connectivity index (χ0v) is 14.3. The molecule has 2 aromatic carbocycles. The maximum atomic E-state index is 11.6. The summed E-state index contributed by atoms with van der Waals surface area (Å²) < 4.78 is 31.3. The summed E-state index contributed by atoms with van der Waals surface area (Å²) in [6.45, 7) is 0.278. The molecule has 9 heteroatoms. The van der Waals surface area contributed by atoms with E-state index in [0.717, 1.165) is 11.8 Å². The zero-order valence-electron chi connectivity index (χ0n) is 13.5. The first-order chi connectivity index (χ1) is 11.9. The largest absolute Gasteiger partial charge is 0.487 e. The molecule has 2 N–H and O–H groups in total. The fourth-order valence-electron chi connectivity index (χ4n) is 2.16. The van der Waals surface area contributed by atoms with Crippen molar-refractivity contribution in [3.8, 4) is 5.75 Å².